The van der Waals surface area contributed by atoms with E-state index in [9.17, 15) is 24.9 Å². The summed E-state index contributed by atoms with van der Waals surface area (Å²) >= 11 is 1.68. The Balaban J connectivity index is 1.67. The molecule has 0 radical (unpaired) electrons. The Bertz CT molecular complexity index is 1350. The van der Waals surface area contributed by atoms with Crippen LogP contribution in [0.4, 0.5) is 0 Å². The predicted molar refractivity (Wildman–Crippen MR) is 214 cm³/mol. The van der Waals surface area contributed by atoms with Crippen molar-refractivity contribution in [2.75, 3.05) is 39.5 Å². The van der Waals surface area contributed by atoms with E-state index in [2.05, 4.69) is 30.9 Å². The first-order valence-corrected chi connectivity index (χ1v) is 21.2. The van der Waals surface area contributed by atoms with Gasteiger partial charge in [-0.1, -0.05) is 71.0 Å². The summed E-state index contributed by atoms with van der Waals surface area (Å²) < 4.78 is 19.0. The number of likely N-dealkylation sites (tertiary alicyclic amines) is 1. The van der Waals surface area contributed by atoms with Gasteiger partial charge in [-0.15, -0.1) is 11.8 Å². The zero-order chi connectivity index (χ0) is 39.5. The van der Waals surface area contributed by atoms with Crippen LogP contribution in [0.1, 0.15) is 73.6 Å². The number of rotatable bonds is 10. The lowest BCUT2D eigenvalue weighted by Crippen LogP contribution is -2.63. The molecule has 7 unspecified atom stereocenters. The first kappa shape index (κ1) is 44.6. The number of ketones is 1. The third-order valence-corrected chi connectivity index (χ3v) is 12.8. The molecule has 0 saturated carbocycles. The molecule has 2 saturated heterocycles. The number of aliphatic hydroxyl groups excluding tert-OH is 3. The van der Waals surface area contributed by atoms with Crippen molar-refractivity contribution in [3.05, 3.63) is 54.6 Å². The molecule has 3 aliphatic rings. The molecule has 0 bridgehead atoms. The van der Waals surface area contributed by atoms with Crippen LogP contribution >= 0.6 is 11.8 Å². The molecule has 304 valence electrons. The largest absolute Gasteiger partial charge is 0.462 e. The number of likely N-dealkylation sites (N-methyl/N-ethyl adjacent to an activating group) is 1. The number of esters is 1. The molecular formula is C43H68N2O8S. The van der Waals surface area contributed by atoms with E-state index < -0.39 is 60.8 Å². The number of allylic oxidation sites excluding steroid dienone is 3. The van der Waals surface area contributed by atoms with E-state index in [1.165, 1.54) is 6.42 Å². The Morgan fingerprint density at radius 2 is 1.63 bits per heavy atom. The van der Waals surface area contributed by atoms with Gasteiger partial charge in [0, 0.05) is 41.5 Å². The maximum Gasteiger partial charge on any atom is 0.308 e. The number of piperidine rings is 1. The maximum absolute atomic E-state index is 13.7. The molecule has 0 aromatic heterocycles. The van der Waals surface area contributed by atoms with Crippen LogP contribution in [-0.4, -0.2) is 125 Å². The first-order valence-electron chi connectivity index (χ1n) is 20.2. The molecule has 3 aliphatic heterocycles. The third kappa shape index (κ3) is 12.7. The van der Waals surface area contributed by atoms with Gasteiger partial charge in [-0.3, -0.25) is 9.59 Å². The van der Waals surface area contributed by atoms with E-state index in [1.54, 1.807) is 49.8 Å². The van der Waals surface area contributed by atoms with E-state index in [4.69, 9.17) is 14.2 Å². The average Bonchev–Trinajstić information content (AvgIpc) is 3.12. The fourth-order valence-electron chi connectivity index (χ4n) is 8.65. The van der Waals surface area contributed by atoms with Crippen LogP contribution in [0.3, 0.4) is 0 Å². The third-order valence-electron chi connectivity index (χ3n) is 11.6. The molecule has 10 nitrogen and oxygen atoms in total. The van der Waals surface area contributed by atoms with Crippen molar-refractivity contribution in [2.45, 2.75) is 127 Å². The van der Waals surface area contributed by atoms with Crippen LogP contribution in [0.5, 0.6) is 0 Å². The van der Waals surface area contributed by atoms with Gasteiger partial charge in [0.15, 0.2) is 12.1 Å². The monoisotopic (exact) mass is 772 g/mol. The summed E-state index contributed by atoms with van der Waals surface area (Å²) in [5, 5.41) is 34.3. The van der Waals surface area contributed by atoms with Crippen molar-refractivity contribution in [3.8, 4) is 0 Å². The normalized spacial score (nSPS) is 39.3. The van der Waals surface area contributed by atoms with Gasteiger partial charge < -0.3 is 39.3 Å². The Hall–Kier alpha value is -2.09. The maximum atomic E-state index is 13.7. The lowest BCUT2D eigenvalue weighted by molar-refractivity contribution is -0.304. The van der Waals surface area contributed by atoms with Crippen molar-refractivity contribution < 1.29 is 39.1 Å². The summed E-state index contributed by atoms with van der Waals surface area (Å²) in [6.45, 7) is 14.9. The Kier molecular flexibility index (Phi) is 17.7. The van der Waals surface area contributed by atoms with Crippen LogP contribution < -0.4 is 0 Å². The van der Waals surface area contributed by atoms with Crippen LogP contribution in [-0.2, 0) is 23.8 Å². The standard InChI is InChI=1S/C43H68N2O8S/c1-9-37-33(26-54-34-16-11-10-12-17-34)15-13-14-18-35(46)29(4)22-32(19-20-45-24-27(2)21-28(3)25-45)42(30(5)36(47)23-38(48)52-37)53-43-41(50)39(44(7)8)40(49)31(6)51-43/h10-18,27-33,36-37,39-43,47,49-50H,9,19-26H2,1-8H3/b15-13+,18-14+/t27?,28?,29-,30+,31?,32+,33-,36-,37-,39?,40?,41?,42-,43?/m1/s1. The van der Waals surface area contributed by atoms with Gasteiger partial charge in [0.05, 0.1) is 36.9 Å². The van der Waals surface area contributed by atoms with Gasteiger partial charge in [0.1, 0.15) is 12.2 Å². The quantitative estimate of drug-likeness (QED) is 0.204. The summed E-state index contributed by atoms with van der Waals surface area (Å²) in [7, 11) is 3.59. The number of hydrogen-bond donors (Lipinski definition) is 3. The fraction of sp³-hybridized carbons (Fsp3) is 0.721. The zero-order valence-corrected chi connectivity index (χ0v) is 34.6. The molecule has 4 rings (SSSR count). The van der Waals surface area contributed by atoms with Crippen LogP contribution in [0.15, 0.2) is 59.5 Å². The van der Waals surface area contributed by atoms with Gasteiger partial charge in [-0.25, -0.2) is 0 Å². The van der Waals surface area contributed by atoms with Crippen LogP contribution in [0, 0.1) is 35.5 Å². The number of carbonyl (C=O) groups excluding carboxylic acids is 2. The highest BCUT2D eigenvalue weighted by Crippen LogP contribution is 2.35. The Labute approximate surface area is 328 Å². The number of carbonyl (C=O) groups is 2. The first-order chi connectivity index (χ1) is 25.7. The number of benzene rings is 1. The van der Waals surface area contributed by atoms with Crippen LogP contribution in [0.25, 0.3) is 0 Å². The van der Waals surface area contributed by atoms with E-state index in [1.807, 2.05) is 51.1 Å². The van der Waals surface area contributed by atoms with Crippen molar-refractivity contribution >= 4 is 23.5 Å². The van der Waals surface area contributed by atoms with Crippen molar-refractivity contribution in [1.29, 1.82) is 0 Å². The topological polar surface area (TPSA) is 129 Å². The highest BCUT2D eigenvalue weighted by atomic mass is 32.2. The molecule has 0 spiro atoms. The van der Waals surface area contributed by atoms with Crippen LogP contribution in [0.2, 0.25) is 0 Å². The van der Waals surface area contributed by atoms with Crippen molar-refractivity contribution in [3.63, 3.8) is 0 Å². The number of nitrogens with zero attached hydrogens (tertiary/aromatic N) is 2. The molecular weight excluding hydrogens is 705 g/mol. The summed E-state index contributed by atoms with van der Waals surface area (Å²) in [6.07, 6.45) is 3.89. The minimum Gasteiger partial charge on any atom is -0.462 e. The van der Waals surface area contributed by atoms with Gasteiger partial charge in [-0.2, -0.15) is 0 Å². The zero-order valence-electron chi connectivity index (χ0n) is 33.8. The molecule has 14 atom stereocenters. The van der Waals surface area contributed by atoms with E-state index in [-0.39, 0.29) is 30.0 Å². The predicted octanol–water partition coefficient (Wildman–Crippen LogP) is 5.59. The number of cyclic esters (lactones) is 1. The number of hydrogen-bond acceptors (Lipinski definition) is 11. The second-order valence-electron chi connectivity index (χ2n) is 16.6. The highest BCUT2D eigenvalue weighted by Gasteiger charge is 2.47. The van der Waals surface area contributed by atoms with Crippen molar-refractivity contribution in [2.24, 2.45) is 35.5 Å². The smallest absolute Gasteiger partial charge is 0.308 e. The summed E-state index contributed by atoms with van der Waals surface area (Å²) in [6, 6.07) is 9.42. The average molecular weight is 773 g/mol. The van der Waals surface area contributed by atoms with Gasteiger partial charge >= 0.3 is 5.97 Å². The van der Waals surface area contributed by atoms with E-state index >= 15 is 0 Å². The second-order valence-corrected chi connectivity index (χ2v) is 17.7. The Morgan fingerprint density at radius 1 is 0.944 bits per heavy atom. The van der Waals surface area contributed by atoms with Gasteiger partial charge in [0.2, 0.25) is 0 Å². The Morgan fingerprint density at radius 3 is 2.28 bits per heavy atom. The van der Waals surface area contributed by atoms with Gasteiger partial charge in [-0.05, 0) is 89.2 Å². The minimum absolute atomic E-state index is 0.00374. The molecule has 1 aromatic rings. The molecule has 11 heteroatoms. The molecule has 0 aliphatic carbocycles. The second kappa shape index (κ2) is 21.4. The van der Waals surface area contributed by atoms with E-state index in [0.717, 1.165) is 24.5 Å². The highest BCUT2D eigenvalue weighted by molar-refractivity contribution is 7.99. The lowest BCUT2D eigenvalue weighted by Gasteiger charge is -2.47. The number of aliphatic hydroxyl groups is 3. The molecule has 3 N–H and O–H groups in total. The lowest BCUT2D eigenvalue weighted by atomic mass is 9.79. The summed E-state index contributed by atoms with van der Waals surface area (Å²) in [5.41, 5.74) is 0. The SMILES string of the molecule is CC[C@H]1OC(=O)C[C@@H](O)[C@H](C)[C@@H](OC2OC(C)C(O)C(N(C)C)C2O)[C@@H](CCN2CC(C)CC(C)C2)C[C@@H](C)C(=O)/C=C/C=C/[C@@H]1CSc1ccccc1. The molecule has 0 amide bonds. The molecule has 2 fully saturated rings. The summed E-state index contributed by atoms with van der Waals surface area (Å²) in [4.78, 5) is 32.7. The minimum atomic E-state index is -1.19. The number of thioether (sulfide) groups is 1. The fourth-order valence-corrected chi connectivity index (χ4v) is 9.71. The molecule has 1 aromatic carbocycles. The van der Waals surface area contributed by atoms with Gasteiger partial charge in [0.25, 0.3) is 0 Å². The molecule has 54 heavy (non-hydrogen) atoms. The summed E-state index contributed by atoms with van der Waals surface area (Å²) in [5.74, 6) is 0.0303. The van der Waals surface area contributed by atoms with E-state index in [0.29, 0.717) is 36.9 Å². The number of ether oxygens (including phenoxy) is 3. The molecule has 3 heterocycles. The van der Waals surface area contributed by atoms with Crippen molar-refractivity contribution in [1.82, 2.24) is 9.80 Å².